The Bertz CT molecular complexity index is 1840. The van der Waals surface area contributed by atoms with E-state index in [0.29, 0.717) is 22.2 Å². The minimum atomic E-state index is -4.01. The van der Waals surface area contributed by atoms with Crippen molar-refractivity contribution in [3.05, 3.63) is 89.0 Å². The van der Waals surface area contributed by atoms with E-state index in [1.54, 1.807) is 36.4 Å². The molecule has 5 aromatic rings. The number of nitrogens with zero attached hydrogens (tertiary/aromatic N) is 3. The molecule has 9 nitrogen and oxygen atoms in total. The molecule has 192 valence electrons. The smallest absolute Gasteiger partial charge is 0.280 e. The van der Waals surface area contributed by atoms with Crippen LogP contribution in [0.1, 0.15) is 48.5 Å². The molecule has 1 fully saturated rings. The summed E-state index contributed by atoms with van der Waals surface area (Å²) in [6, 6.07) is 18.6. The van der Waals surface area contributed by atoms with Crippen molar-refractivity contribution in [3.8, 4) is 11.4 Å². The maximum absolute atomic E-state index is 13.0. The zero-order valence-corrected chi connectivity index (χ0v) is 21.2. The van der Waals surface area contributed by atoms with Crippen molar-refractivity contribution in [1.29, 1.82) is 0 Å². The van der Waals surface area contributed by atoms with Crippen LogP contribution in [0.3, 0.4) is 0 Å². The van der Waals surface area contributed by atoms with Gasteiger partial charge in [-0.1, -0.05) is 37.5 Å². The van der Waals surface area contributed by atoms with Crippen molar-refractivity contribution < 1.29 is 13.2 Å². The molecular weight excluding hydrogens is 502 g/mol. The third-order valence-corrected chi connectivity index (χ3v) is 8.43. The highest BCUT2D eigenvalue weighted by atomic mass is 32.2. The summed E-state index contributed by atoms with van der Waals surface area (Å²) in [5.41, 5.74) is 2.77. The molecule has 0 saturated heterocycles. The number of amides is 1. The quantitative estimate of drug-likeness (QED) is 0.345. The van der Waals surface area contributed by atoms with Crippen LogP contribution in [-0.4, -0.2) is 33.8 Å². The normalized spacial score (nSPS) is 14.6. The predicted molar refractivity (Wildman–Crippen MR) is 144 cm³/mol. The minimum Gasteiger partial charge on any atom is -0.346 e. The van der Waals surface area contributed by atoms with Gasteiger partial charge in [0.1, 0.15) is 5.82 Å². The van der Waals surface area contributed by atoms with Crippen molar-refractivity contribution >= 4 is 37.9 Å². The first-order chi connectivity index (χ1) is 18.4. The van der Waals surface area contributed by atoms with E-state index in [-0.39, 0.29) is 22.1 Å². The number of H-pyrrole nitrogens is 1. The molecule has 2 heterocycles. The van der Waals surface area contributed by atoms with Crippen LogP contribution in [0, 0.1) is 0 Å². The Kier molecular flexibility index (Phi) is 6.03. The Morgan fingerprint density at radius 2 is 1.76 bits per heavy atom. The molecular formula is C28H25N5O4S. The van der Waals surface area contributed by atoms with E-state index in [2.05, 4.69) is 19.3 Å². The number of imidazole rings is 1. The van der Waals surface area contributed by atoms with Crippen LogP contribution in [0.15, 0.2) is 82.7 Å². The molecule has 0 spiro atoms. The molecule has 1 amide bonds. The van der Waals surface area contributed by atoms with Gasteiger partial charge < -0.3 is 9.55 Å². The van der Waals surface area contributed by atoms with E-state index >= 15 is 0 Å². The standard InChI is InChI=1S/C28H25N5O4S/c34-27(32-38(36,37)21-9-5-2-6-10-21)19-12-14-25-24(16-19)31-26(33(25)20-7-3-1-4-8-20)18-11-13-23-22(15-18)28(35)30-17-29-23/h2,5-6,9-17,20H,1,3-4,7-8H2,(H,32,34)(H,29,30,35). The van der Waals surface area contributed by atoms with E-state index < -0.39 is 15.9 Å². The van der Waals surface area contributed by atoms with Gasteiger partial charge in [0.15, 0.2) is 0 Å². The minimum absolute atomic E-state index is 0.0130. The van der Waals surface area contributed by atoms with E-state index in [4.69, 9.17) is 4.98 Å². The van der Waals surface area contributed by atoms with E-state index in [1.807, 2.05) is 18.2 Å². The summed E-state index contributed by atoms with van der Waals surface area (Å²) in [6.45, 7) is 0. The van der Waals surface area contributed by atoms with Crippen molar-refractivity contribution in [2.45, 2.75) is 43.0 Å². The molecule has 1 aliphatic carbocycles. The number of hydrogen-bond acceptors (Lipinski definition) is 6. The van der Waals surface area contributed by atoms with Crippen LogP contribution in [0.4, 0.5) is 0 Å². The van der Waals surface area contributed by atoms with Gasteiger partial charge in [0, 0.05) is 17.2 Å². The van der Waals surface area contributed by atoms with Crippen LogP contribution >= 0.6 is 0 Å². The fourth-order valence-corrected chi connectivity index (χ4v) is 6.20. The van der Waals surface area contributed by atoms with E-state index in [9.17, 15) is 18.0 Å². The second-order valence-corrected chi connectivity index (χ2v) is 11.2. The Hall–Kier alpha value is -4.31. The van der Waals surface area contributed by atoms with Crippen LogP contribution in [0.2, 0.25) is 0 Å². The summed E-state index contributed by atoms with van der Waals surface area (Å²) in [6.07, 6.45) is 6.81. The number of benzene rings is 3. The molecule has 2 N–H and O–H groups in total. The number of fused-ring (bicyclic) bond motifs is 2. The second-order valence-electron chi connectivity index (χ2n) is 9.52. The van der Waals surface area contributed by atoms with E-state index in [0.717, 1.165) is 36.8 Å². The Balaban J connectivity index is 1.44. The fraction of sp³-hybridized carbons (Fsp3) is 0.214. The molecule has 3 aromatic carbocycles. The van der Waals surface area contributed by atoms with Gasteiger partial charge in [-0.2, -0.15) is 4.98 Å². The number of carbonyl (C=O) groups excluding carboxylic acids is 1. The Labute approximate surface area is 218 Å². The summed E-state index contributed by atoms with van der Waals surface area (Å²) in [5, 5.41) is 0.471. The first-order valence-corrected chi connectivity index (χ1v) is 14.0. The fourth-order valence-electron chi connectivity index (χ4n) is 5.21. The molecule has 0 radical (unpaired) electrons. The van der Waals surface area contributed by atoms with Crippen LogP contribution in [0.25, 0.3) is 33.3 Å². The van der Waals surface area contributed by atoms with Gasteiger partial charge in [-0.05, 0) is 61.4 Å². The SMILES string of the molecule is O=C(NS(=O)(=O)c1ccccc1)c1ccc2c(c1)nc(-c1ccc3[nH]cnc(=O)c3c1)n2C1CCCCC1. The maximum Gasteiger partial charge on any atom is 0.280 e. The summed E-state index contributed by atoms with van der Waals surface area (Å²) in [4.78, 5) is 37.1. The molecule has 38 heavy (non-hydrogen) atoms. The van der Waals surface area contributed by atoms with Gasteiger partial charge in [-0.25, -0.2) is 18.1 Å². The molecule has 0 unspecified atom stereocenters. The van der Waals surface area contributed by atoms with Gasteiger partial charge in [0.2, 0.25) is 0 Å². The number of nitrogens with one attached hydrogen (secondary N) is 2. The summed E-state index contributed by atoms with van der Waals surface area (Å²) in [7, 11) is -4.01. The lowest BCUT2D eigenvalue weighted by Gasteiger charge is -2.25. The number of hydrogen-bond donors (Lipinski definition) is 2. The van der Waals surface area contributed by atoms with Crippen molar-refractivity contribution in [1.82, 2.24) is 24.2 Å². The molecule has 2 aromatic heterocycles. The van der Waals surface area contributed by atoms with Gasteiger partial charge in [0.25, 0.3) is 21.5 Å². The zero-order valence-electron chi connectivity index (χ0n) is 20.4. The molecule has 6 rings (SSSR count). The van der Waals surface area contributed by atoms with Crippen molar-refractivity contribution in [2.24, 2.45) is 0 Å². The van der Waals surface area contributed by atoms with Crippen molar-refractivity contribution in [2.75, 3.05) is 0 Å². The first-order valence-electron chi connectivity index (χ1n) is 12.5. The molecule has 0 aliphatic heterocycles. The third kappa shape index (κ3) is 4.37. The average molecular weight is 528 g/mol. The Morgan fingerprint density at radius 1 is 0.974 bits per heavy atom. The number of carbonyl (C=O) groups is 1. The molecule has 0 bridgehead atoms. The molecule has 10 heteroatoms. The highest BCUT2D eigenvalue weighted by Gasteiger charge is 2.24. The van der Waals surface area contributed by atoms with Gasteiger partial charge in [-0.15, -0.1) is 0 Å². The summed E-state index contributed by atoms with van der Waals surface area (Å²) in [5.74, 6) is -0.0284. The van der Waals surface area contributed by atoms with Gasteiger partial charge in [-0.3, -0.25) is 9.59 Å². The maximum atomic E-state index is 13.0. The largest absolute Gasteiger partial charge is 0.346 e. The number of aromatic nitrogens is 4. The number of aromatic amines is 1. The molecule has 0 atom stereocenters. The summed E-state index contributed by atoms with van der Waals surface area (Å²) >= 11 is 0. The van der Waals surface area contributed by atoms with E-state index in [1.165, 1.54) is 24.9 Å². The van der Waals surface area contributed by atoms with Crippen LogP contribution < -0.4 is 10.3 Å². The van der Waals surface area contributed by atoms with Gasteiger partial charge >= 0.3 is 0 Å². The summed E-state index contributed by atoms with van der Waals surface area (Å²) < 4.78 is 29.7. The lowest BCUT2D eigenvalue weighted by molar-refractivity contribution is 0.0981. The van der Waals surface area contributed by atoms with Crippen molar-refractivity contribution in [3.63, 3.8) is 0 Å². The number of rotatable bonds is 5. The highest BCUT2D eigenvalue weighted by Crippen LogP contribution is 2.36. The number of sulfonamides is 1. The lowest BCUT2D eigenvalue weighted by atomic mass is 9.94. The average Bonchev–Trinajstić information content (AvgIpc) is 3.33. The van der Waals surface area contributed by atoms with Crippen LogP contribution in [0.5, 0.6) is 0 Å². The third-order valence-electron chi connectivity index (χ3n) is 7.08. The predicted octanol–water partition coefficient (Wildman–Crippen LogP) is 4.56. The topological polar surface area (TPSA) is 127 Å². The second kappa shape index (κ2) is 9.53. The monoisotopic (exact) mass is 527 g/mol. The van der Waals surface area contributed by atoms with Crippen LogP contribution in [-0.2, 0) is 10.0 Å². The lowest BCUT2D eigenvalue weighted by Crippen LogP contribution is -2.30. The highest BCUT2D eigenvalue weighted by molar-refractivity contribution is 7.90. The Morgan fingerprint density at radius 3 is 2.55 bits per heavy atom. The zero-order chi connectivity index (χ0) is 26.3. The molecule has 1 saturated carbocycles. The first kappa shape index (κ1) is 24.1. The van der Waals surface area contributed by atoms with Gasteiger partial charge in [0.05, 0.1) is 33.2 Å². The molecule has 1 aliphatic rings.